The van der Waals surface area contributed by atoms with Gasteiger partial charge < -0.3 is 0 Å². The normalized spacial score (nSPS) is 17.6. The standard InChI is InChI=1S/C15H18N2O4S3/c1-12-4-9-15(22-12)24(20,21)16-13-5-7-14(8-6-13)17-10-2-3-11-23(17,18)19/h4-9,16H,2-3,10-11H2,1H3. The third kappa shape index (κ3) is 3.57. The molecule has 2 aromatic rings. The number of benzene rings is 1. The molecule has 0 spiro atoms. The van der Waals surface area contributed by atoms with Gasteiger partial charge >= 0.3 is 0 Å². The van der Waals surface area contributed by atoms with E-state index in [0.29, 0.717) is 24.3 Å². The largest absolute Gasteiger partial charge is 0.279 e. The van der Waals surface area contributed by atoms with Crippen molar-refractivity contribution in [1.82, 2.24) is 0 Å². The first kappa shape index (κ1) is 17.2. The molecule has 0 bridgehead atoms. The molecule has 2 heterocycles. The summed E-state index contributed by atoms with van der Waals surface area (Å²) < 4.78 is 52.9. The van der Waals surface area contributed by atoms with Gasteiger partial charge in [0.25, 0.3) is 10.0 Å². The number of hydrogen-bond donors (Lipinski definition) is 1. The third-order valence-electron chi connectivity index (χ3n) is 3.74. The average molecular weight is 387 g/mol. The van der Waals surface area contributed by atoms with Gasteiger partial charge in [-0.05, 0) is 56.2 Å². The van der Waals surface area contributed by atoms with E-state index in [4.69, 9.17) is 0 Å². The Kier molecular flexibility index (Phi) is 4.58. The molecule has 130 valence electrons. The lowest BCUT2D eigenvalue weighted by Crippen LogP contribution is -2.37. The summed E-state index contributed by atoms with van der Waals surface area (Å²) >= 11 is 1.20. The van der Waals surface area contributed by atoms with Crippen LogP contribution in [-0.2, 0) is 20.0 Å². The second-order valence-electron chi connectivity index (χ2n) is 5.61. The first-order valence-corrected chi connectivity index (χ1v) is 11.4. The van der Waals surface area contributed by atoms with Crippen molar-refractivity contribution < 1.29 is 16.8 Å². The lowest BCUT2D eigenvalue weighted by atomic mass is 10.2. The highest BCUT2D eigenvalue weighted by atomic mass is 32.2. The van der Waals surface area contributed by atoms with E-state index in [1.165, 1.54) is 15.6 Å². The van der Waals surface area contributed by atoms with E-state index >= 15 is 0 Å². The monoisotopic (exact) mass is 386 g/mol. The highest BCUT2D eigenvalue weighted by molar-refractivity contribution is 7.94. The minimum Gasteiger partial charge on any atom is -0.279 e. The van der Waals surface area contributed by atoms with Gasteiger partial charge in [-0.1, -0.05) is 0 Å². The molecular weight excluding hydrogens is 368 g/mol. The molecule has 0 unspecified atom stereocenters. The Morgan fingerprint density at radius 3 is 2.38 bits per heavy atom. The number of sulfonamides is 2. The van der Waals surface area contributed by atoms with Gasteiger partial charge in [0.05, 0.1) is 11.4 Å². The molecule has 1 N–H and O–H groups in total. The molecule has 9 heteroatoms. The van der Waals surface area contributed by atoms with Crippen LogP contribution in [0.1, 0.15) is 17.7 Å². The second kappa shape index (κ2) is 6.38. The zero-order valence-electron chi connectivity index (χ0n) is 13.1. The van der Waals surface area contributed by atoms with E-state index in [9.17, 15) is 16.8 Å². The van der Waals surface area contributed by atoms with Crippen LogP contribution in [0.4, 0.5) is 11.4 Å². The van der Waals surface area contributed by atoms with Crippen molar-refractivity contribution in [3.05, 3.63) is 41.3 Å². The van der Waals surface area contributed by atoms with Crippen LogP contribution in [0.3, 0.4) is 0 Å². The van der Waals surface area contributed by atoms with Crippen LogP contribution in [0.15, 0.2) is 40.6 Å². The highest BCUT2D eigenvalue weighted by Gasteiger charge is 2.26. The van der Waals surface area contributed by atoms with Crippen molar-refractivity contribution in [1.29, 1.82) is 0 Å². The maximum Gasteiger partial charge on any atom is 0.271 e. The number of aryl methyl sites for hydroxylation is 1. The molecule has 0 saturated carbocycles. The van der Waals surface area contributed by atoms with Crippen LogP contribution >= 0.6 is 11.3 Å². The summed E-state index contributed by atoms with van der Waals surface area (Å²) in [7, 11) is -6.88. The third-order valence-corrected chi connectivity index (χ3v) is 8.48. The zero-order chi connectivity index (χ0) is 17.4. The summed E-state index contributed by atoms with van der Waals surface area (Å²) in [5.74, 6) is 0.152. The van der Waals surface area contributed by atoms with Gasteiger partial charge in [0, 0.05) is 17.1 Å². The first-order chi connectivity index (χ1) is 11.3. The Morgan fingerprint density at radius 1 is 1.08 bits per heavy atom. The fourth-order valence-corrected chi connectivity index (χ4v) is 6.52. The first-order valence-electron chi connectivity index (χ1n) is 7.48. The Hall–Kier alpha value is -1.58. The molecule has 0 aliphatic carbocycles. The molecule has 0 amide bonds. The van der Waals surface area contributed by atoms with Crippen molar-refractivity contribution in [3.8, 4) is 0 Å². The van der Waals surface area contributed by atoms with E-state index in [0.717, 1.165) is 11.3 Å². The van der Waals surface area contributed by atoms with Crippen molar-refractivity contribution in [3.63, 3.8) is 0 Å². The maximum absolute atomic E-state index is 12.3. The molecule has 24 heavy (non-hydrogen) atoms. The van der Waals surface area contributed by atoms with Crippen LogP contribution < -0.4 is 9.03 Å². The van der Waals surface area contributed by atoms with E-state index < -0.39 is 20.0 Å². The number of hydrogen-bond acceptors (Lipinski definition) is 5. The van der Waals surface area contributed by atoms with Gasteiger partial charge in [0.15, 0.2) is 0 Å². The molecule has 3 rings (SSSR count). The summed E-state index contributed by atoms with van der Waals surface area (Å²) in [6, 6.07) is 9.73. The summed E-state index contributed by atoms with van der Waals surface area (Å²) in [6.45, 7) is 2.30. The number of nitrogens with one attached hydrogen (secondary N) is 1. The lowest BCUT2D eigenvalue weighted by Gasteiger charge is -2.28. The van der Waals surface area contributed by atoms with Gasteiger partial charge in [-0.25, -0.2) is 16.8 Å². The molecule has 6 nitrogen and oxygen atoms in total. The van der Waals surface area contributed by atoms with Crippen molar-refractivity contribution in [2.75, 3.05) is 21.3 Å². The molecule has 1 aliphatic heterocycles. The van der Waals surface area contributed by atoms with Crippen molar-refractivity contribution in [2.24, 2.45) is 0 Å². The van der Waals surface area contributed by atoms with E-state index in [-0.39, 0.29) is 9.96 Å². The number of nitrogens with zero attached hydrogens (tertiary/aromatic N) is 1. The summed E-state index contributed by atoms with van der Waals surface area (Å²) in [5, 5.41) is 0. The van der Waals surface area contributed by atoms with Crippen molar-refractivity contribution in [2.45, 2.75) is 24.0 Å². The van der Waals surface area contributed by atoms with E-state index in [1.54, 1.807) is 36.4 Å². The molecule has 1 saturated heterocycles. The Labute approximate surface area is 146 Å². The quantitative estimate of drug-likeness (QED) is 0.876. The Balaban J connectivity index is 1.80. The topological polar surface area (TPSA) is 83.6 Å². The van der Waals surface area contributed by atoms with E-state index in [1.807, 2.05) is 6.92 Å². The number of anilines is 2. The molecule has 0 atom stereocenters. The van der Waals surface area contributed by atoms with Gasteiger partial charge in [0.2, 0.25) is 10.0 Å². The molecule has 1 aromatic carbocycles. The van der Waals surface area contributed by atoms with Crippen LogP contribution in [0.5, 0.6) is 0 Å². The van der Waals surface area contributed by atoms with Crippen LogP contribution in [0.25, 0.3) is 0 Å². The molecular formula is C15H18N2O4S3. The van der Waals surface area contributed by atoms with Crippen LogP contribution in [-0.4, -0.2) is 29.1 Å². The fraction of sp³-hybridized carbons (Fsp3) is 0.333. The van der Waals surface area contributed by atoms with Crippen LogP contribution in [0, 0.1) is 6.92 Å². The summed E-state index contributed by atoms with van der Waals surface area (Å²) in [4.78, 5) is 0.918. The van der Waals surface area contributed by atoms with E-state index in [2.05, 4.69) is 4.72 Å². The predicted molar refractivity (Wildman–Crippen MR) is 96.7 cm³/mol. The fourth-order valence-electron chi connectivity index (χ4n) is 2.54. The van der Waals surface area contributed by atoms with Gasteiger partial charge in [-0.3, -0.25) is 9.03 Å². The minimum absolute atomic E-state index is 0.152. The lowest BCUT2D eigenvalue weighted by molar-refractivity contribution is 0.574. The van der Waals surface area contributed by atoms with Crippen LogP contribution in [0.2, 0.25) is 0 Å². The Bertz CT molecular complexity index is 931. The molecule has 1 fully saturated rings. The van der Waals surface area contributed by atoms with Gasteiger partial charge in [0.1, 0.15) is 4.21 Å². The zero-order valence-corrected chi connectivity index (χ0v) is 15.5. The second-order valence-corrected chi connectivity index (χ2v) is 10.8. The Morgan fingerprint density at radius 2 is 1.79 bits per heavy atom. The van der Waals surface area contributed by atoms with Gasteiger partial charge in [-0.2, -0.15) is 0 Å². The maximum atomic E-state index is 12.3. The van der Waals surface area contributed by atoms with Crippen molar-refractivity contribution >= 4 is 42.8 Å². The molecule has 1 aliphatic rings. The summed E-state index contributed by atoms with van der Waals surface area (Å²) in [6.07, 6.45) is 1.50. The summed E-state index contributed by atoms with van der Waals surface area (Å²) in [5.41, 5.74) is 0.962. The van der Waals surface area contributed by atoms with Gasteiger partial charge in [-0.15, -0.1) is 11.3 Å². The number of rotatable bonds is 4. The molecule has 0 radical (unpaired) electrons. The highest BCUT2D eigenvalue weighted by Crippen LogP contribution is 2.27. The average Bonchev–Trinajstić information content (AvgIpc) is 2.95. The predicted octanol–water partition coefficient (Wildman–Crippen LogP) is 2.79. The number of thiophene rings is 1. The minimum atomic E-state index is -3.62. The SMILES string of the molecule is Cc1ccc(S(=O)(=O)Nc2ccc(N3CCCCS3(=O)=O)cc2)s1. The smallest absolute Gasteiger partial charge is 0.271 e. The molecule has 1 aromatic heterocycles.